The number of benzene rings is 2. The molecule has 0 aliphatic carbocycles. The second-order valence-corrected chi connectivity index (χ2v) is 6.47. The highest BCUT2D eigenvalue weighted by molar-refractivity contribution is 6.30. The number of hydrogen-bond acceptors (Lipinski definition) is 5. The number of phenolic OH excluding ortho intramolecular Hbond substituents is 1. The molecule has 0 heterocycles. The van der Waals surface area contributed by atoms with Gasteiger partial charge in [-0.15, -0.1) is 10.2 Å². The number of hydrogen-bond donors (Lipinski definition) is 1. The van der Waals surface area contributed by atoms with Crippen molar-refractivity contribution in [1.82, 2.24) is 0 Å². The zero-order chi connectivity index (χ0) is 17.9. The molecule has 0 saturated carbocycles. The maximum absolute atomic E-state index is 11.1. The molecule has 0 aliphatic heterocycles. The van der Waals surface area contributed by atoms with Crippen LogP contribution in [0.1, 0.15) is 32.8 Å². The molecule has 0 aliphatic rings. The molecule has 0 unspecified atom stereocenters. The molecule has 2 rings (SSSR count). The Morgan fingerprint density at radius 2 is 1.83 bits per heavy atom. The Kier molecular flexibility index (Phi) is 5.19. The Bertz CT molecular complexity index is 804. The Balaban J connectivity index is 2.43. The average Bonchev–Trinajstić information content (AvgIpc) is 2.54. The Morgan fingerprint density at radius 1 is 1.17 bits per heavy atom. The van der Waals surface area contributed by atoms with Gasteiger partial charge < -0.3 is 5.11 Å². The van der Waals surface area contributed by atoms with Crippen LogP contribution >= 0.6 is 11.6 Å². The molecule has 0 fully saturated rings. The van der Waals surface area contributed by atoms with Crippen molar-refractivity contribution in [3.63, 3.8) is 0 Å². The van der Waals surface area contributed by atoms with Crippen molar-refractivity contribution >= 4 is 28.7 Å². The summed E-state index contributed by atoms with van der Waals surface area (Å²) in [4.78, 5) is 10.5. The molecule has 24 heavy (non-hydrogen) atoms. The Morgan fingerprint density at radius 3 is 2.46 bits per heavy atom. The van der Waals surface area contributed by atoms with Gasteiger partial charge in [-0.3, -0.25) is 10.1 Å². The first-order valence-electron chi connectivity index (χ1n) is 7.44. The first-order chi connectivity index (χ1) is 11.2. The molecule has 0 saturated heterocycles. The van der Waals surface area contributed by atoms with Crippen molar-refractivity contribution in [2.45, 2.75) is 32.6 Å². The molecule has 2 aromatic rings. The van der Waals surface area contributed by atoms with Crippen molar-refractivity contribution in [2.24, 2.45) is 10.2 Å². The molecule has 0 atom stereocenters. The summed E-state index contributed by atoms with van der Waals surface area (Å²) in [5, 5.41) is 29.2. The maximum atomic E-state index is 11.1. The number of aromatic hydroxyl groups is 1. The van der Waals surface area contributed by atoms with E-state index in [0.717, 1.165) is 12.0 Å². The summed E-state index contributed by atoms with van der Waals surface area (Å²) < 4.78 is 0. The van der Waals surface area contributed by atoms with Gasteiger partial charge in [0.1, 0.15) is 11.4 Å². The summed E-state index contributed by atoms with van der Waals surface area (Å²) in [6.07, 6.45) is 0.914. The molecule has 1 N–H and O–H groups in total. The van der Waals surface area contributed by atoms with E-state index in [2.05, 4.69) is 31.0 Å². The van der Waals surface area contributed by atoms with Crippen LogP contribution < -0.4 is 0 Å². The van der Waals surface area contributed by atoms with Crippen LogP contribution in [0.2, 0.25) is 5.02 Å². The zero-order valence-electron chi connectivity index (χ0n) is 13.7. The highest BCUT2D eigenvalue weighted by atomic mass is 35.5. The van der Waals surface area contributed by atoms with Gasteiger partial charge in [0.05, 0.1) is 4.92 Å². The van der Waals surface area contributed by atoms with Gasteiger partial charge in [-0.2, -0.15) is 0 Å². The van der Waals surface area contributed by atoms with Crippen molar-refractivity contribution < 1.29 is 10.0 Å². The van der Waals surface area contributed by atoms with Crippen LogP contribution in [-0.4, -0.2) is 10.0 Å². The molecule has 0 amide bonds. The molecule has 6 nitrogen and oxygen atoms in total. The maximum Gasteiger partial charge on any atom is 0.298 e. The van der Waals surface area contributed by atoms with E-state index in [0.29, 0.717) is 0 Å². The molecule has 0 radical (unpaired) electrons. The van der Waals surface area contributed by atoms with E-state index in [1.165, 1.54) is 18.2 Å². The predicted octanol–water partition coefficient (Wildman–Crippen LogP) is 6.06. The molecular weight excluding hydrogens is 330 g/mol. The summed E-state index contributed by atoms with van der Waals surface area (Å²) in [6.45, 7) is 6.25. The monoisotopic (exact) mass is 347 g/mol. The van der Waals surface area contributed by atoms with E-state index in [1.807, 2.05) is 6.07 Å². The quantitative estimate of drug-likeness (QED) is 0.405. The fourth-order valence-corrected chi connectivity index (χ4v) is 2.23. The number of nitrogens with zero attached hydrogens (tertiary/aromatic N) is 3. The molecule has 0 bridgehead atoms. The minimum Gasteiger partial charge on any atom is -0.506 e. The standard InChI is InChI=1S/C17H18ClN3O3/c1-4-17(2,3)11-5-8-16(22)14(9-11)20-19-13-7-6-12(18)10-15(13)21(23)24/h5-10,22H,4H2,1-3H3/b20-19+. The third kappa shape index (κ3) is 3.89. The summed E-state index contributed by atoms with van der Waals surface area (Å²) in [6, 6.07) is 9.26. The number of azo groups is 1. The zero-order valence-corrected chi connectivity index (χ0v) is 14.4. The minimum absolute atomic E-state index is 0.0361. The summed E-state index contributed by atoms with van der Waals surface area (Å²) >= 11 is 5.77. The summed E-state index contributed by atoms with van der Waals surface area (Å²) in [5.41, 5.74) is 1.02. The van der Waals surface area contributed by atoms with Crippen LogP contribution in [0.15, 0.2) is 46.6 Å². The van der Waals surface area contributed by atoms with E-state index in [9.17, 15) is 15.2 Å². The van der Waals surface area contributed by atoms with E-state index in [-0.39, 0.29) is 33.2 Å². The fraction of sp³-hybridized carbons (Fsp3) is 0.294. The largest absolute Gasteiger partial charge is 0.506 e. The van der Waals surface area contributed by atoms with Crippen LogP contribution in [-0.2, 0) is 5.41 Å². The van der Waals surface area contributed by atoms with E-state index >= 15 is 0 Å². The average molecular weight is 348 g/mol. The van der Waals surface area contributed by atoms with E-state index in [4.69, 9.17) is 11.6 Å². The van der Waals surface area contributed by atoms with Crippen molar-refractivity contribution in [3.8, 4) is 5.75 Å². The lowest BCUT2D eigenvalue weighted by Gasteiger charge is -2.23. The molecule has 2 aromatic carbocycles. The smallest absolute Gasteiger partial charge is 0.298 e. The van der Waals surface area contributed by atoms with Gasteiger partial charge in [-0.25, -0.2) is 0 Å². The lowest BCUT2D eigenvalue weighted by Crippen LogP contribution is -2.14. The van der Waals surface area contributed by atoms with Crippen LogP contribution in [0.3, 0.4) is 0 Å². The van der Waals surface area contributed by atoms with Gasteiger partial charge in [0.15, 0.2) is 5.69 Å². The van der Waals surface area contributed by atoms with E-state index < -0.39 is 4.92 Å². The molecule has 126 valence electrons. The van der Waals surface area contributed by atoms with Crippen molar-refractivity contribution in [2.75, 3.05) is 0 Å². The number of halogens is 1. The van der Waals surface area contributed by atoms with Gasteiger partial charge in [0.25, 0.3) is 5.69 Å². The number of nitro groups is 1. The van der Waals surface area contributed by atoms with Crippen LogP contribution in [0.5, 0.6) is 5.75 Å². The van der Waals surface area contributed by atoms with Gasteiger partial charge in [-0.05, 0) is 41.7 Å². The molecular formula is C17H18ClN3O3. The lowest BCUT2D eigenvalue weighted by atomic mass is 9.82. The van der Waals surface area contributed by atoms with Crippen LogP contribution in [0, 0.1) is 10.1 Å². The second kappa shape index (κ2) is 6.97. The predicted molar refractivity (Wildman–Crippen MR) is 93.7 cm³/mol. The van der Waals surface area contributed by atoms with E-state index in [1.54, 1.807) is 12.1 Å². The lowest BCUT2D eigenvalue weighted by molar-refractivity contribution is -0.384. The highest BCUT2D eigenvalue weighted by Crippen LogP contribution is 2.36. The Hall–Kier alpha value is -2.47. The third-order valence-corrected chi connectivity index (χ3v) is 4.28. The van der Waals surface area contributed by atoms with Crippen molar-refractivity contribution in [3.05, 3.63) is 57.1 Å². The first-order valence-corrected chi connectivity index (χ1v) is 7.81. The van der Waals surface area contributed by atoms with Gasteiger partial charge in [0.2, 0.25) is 0 Å². The van der Waals surface area contributed by atoms with Crippen molar-refractivity contribution in [1.29, 1.82) is 0 Å². The SMILES string of the molecule is CCC(C)(C)c1ccc(O)c(/N=N/c2ccc(Cl)cc2[N+](=O)[O-])c1. The normalized spacial score (nSPS) is 11.8. The number of nitro benzene ring substituents is 1. The van der Waals surface area contributed by atoms with Gasteiger partial charge >= 0.3 is 0 Å². The van der Waals surface area contributed by atoms with Gasteiger partial charge in [-0.1, -0.05) is 38.4 Å². The second-order valence-electron chi connectivity index (χ2n) is 6.03. The molecule has 0 spiro atoms. The first kappa shape index (κ1) is 17.9. The molecule has 7 heteroatoms. The number of rotatable bonds is 5. The topological polar surface area (TPSA) is 88.1 Å². The fourth-order valence-electron chi connectivity index (χ4n) is 2.06. The summed E-state index contributed by atoms with van der Waals surface area (Å²) in [7, 11) is 0. The summed E-state index contributed by atoms with van der Waals surface area (Å²) in [5.74, 6) is -0.0361. The highest BCUT2D eigenvalue weighted by Gasteiger charge is 2.19. The van der Waals surface area contributed by atoms with Crippen LogP contribution in [0.4, 0.5) is 17.1 Å². The number of phenols is 1. The van der Waals surface area contributed by atoms with Crippen LogP contribution in [0.25, 0.3) is 0 Å². The van der Waals surface area contributed by atoms with Gasteiger partial charge in [0, 0.05) is 11.1 Å². The minimum atomic E-state index is -0.573. The molecule has 0 aromatic heterocycles. The Labute approximate surface area is 145 Å². The third-order valence-electron chi connectivity index (χ3n) is 4.04.